The van der Waals surface area contributed by atoms with Crippen molar-refractivity contribution in [3.8, 4) is 11.5 Å². The topological polar surface area (TPSA) is 35.7 Å². The molecule has 0 aliphatic carbocycles. The maximum Gasteiger partial charge on any atom is 1.00 e. The van der Waals surface area contributed by atoms with Crippen molar-refractivity contribution in [2.75, 3.05) is 0 Å². The van der Waals surface area contributed by atoms with Gasteiger partial charge in [-0.1, -0.05) is 122 Å². The predicted octanol–water partition coefficient (Wildman–Crippen LogP) is 9.48. The molecule has 6 aromatic carbocycles. The third-order valence-electron chi connectivity index (χ3n) is 9.31. The van der Waals surface area contributed by atoms with Crippen LogP contribution in [0.15, 0.2) is 198 Å². The Morgan fingerprint density at radius 1 is 0.509 bits per heavy atom. The summed E-state index contributed by atoms with van der Waals surface area (Å²) in [5, 5.41) is 7.88. The Bertz CT molecular complexity index is 2200. The van der Waals surface area contributed by atoms with E-state index in [1.807, 2.05) is 13.8 Å². The molecule has 1 aliphatic rings. The summed E-state index contributed by atoms with van der Waals surface area (Å²) < 4.78 is 6.94. The van der Waals surface area contributed by atoms with E-state index < -0.39 is 15.8 Å². The molecule has 0 spiro atoms. The quantitative estimate of drug-likeness (QED) is 0.108. The third-order valence-corrected chi connectivity index (χ3v) is 14.9. The Labute approximate surface area is 338 Å². The van der Waals surface area contributed by atoms with Gasteiger partial charge in [0.2, 0.25) is 0 Å². The minimum atomic E-state index is -1.28. The summed E-state index contributed by atoms with van der Waals surface area (Å²) in [5.41, 5.74) is 6.64. The fraction of sp³-hybridized carbons (Fsp3) is 0.0816. The normalized spacial score (nSPS) is 12.8. The molecular weight excluding hydrogens is 758 g/mol. The van der Waals surface area contributed by atoms with E-state index in [-0.39, 0.29) is 17.1 Å². The van der Waals surface area contributed by atoms with Crippen LogP contribution < -0.4 is 41.5 Å². The van der Waals surface area contributed by atoms with Crippen LogP contribution in [0, 0.1) is 13.8 Å². The van der Waals surface area contributed by atoms with E-state index >= 15 is 0 Å². The van der Waals surface area contributed by atoms with Gasteiger partial charge in [0.05, 0.1) is 5.70 Å². The first kappa shape index (κ1) is 39.6. The summed E-state index contributed by atoms with van der Waals surface area (Å²) in [7, 11) is -2.56. The Hall–Kier alpha value is -5.07. The first-order valence-corrected chi connectivity index (χ1v) is 21.3. The maximum atomic E-state index is 6.94. The monoisotopic (exact) mass is 802 g/mol. The van der Waals surface area contributed by atoms with Crippen molar-refractivity contribution in [3.63, 3.8) is 0 Å². The molecule has 0 N–H and O–H groups in total. The molecule has 0 amide bonds. The van der Waals surface area contributed by atoms with Crippen LogP contribution in [0.4, 0.5) is 0 Å². The molecule has 3 nitrogen and oxygen atoms in total. The predicted molar refractivity (Wildman–Crippen MR) is 237 cm³/mol. The smallest absolute Gasteiger partial charge is 0.661 e. The van der Waals surface area contributed by atoms with Gasteiger partial charge in [0.1, 0.15) is 47.7 Å². The average molecular weight is 803 g/mol. The molecule has 7 aromatic rings. The number of benzene rings is 6. The molecular formula is C49H45CuN2OP2+2. The molecule has 0 atom stereocenters. The number of hydrogen-bond donors (Lipinski definition) is 0. The van der Waals surface area contributed by atoms with Crippen molar-refractivity contribution >= 4 is 59.5 Å². The van der Waals surface area contributed by atoms with Crippen molar-refractivity contribution in [2.24, 2.45) is 4.99 Å². The molecule has 0 unspecified atom stereocenters. The van der Waals surface area contributed by atoms with Gasteiger partial charge in [-0.05, 0) is 105 Å². The third kappa shape index (κ3) is 9.79. The van der Waals surface area contributed by atoms with Gasteiger partial charge in [-0.3, -0.25) is 4.99 Å². The fourth-order valence-corrected chi connectivity index (χ4v) is 12.1. The summed E-state index contributed by atoms with van der Waals surface area (Å²) in [6.07, 6.45) is 4.15. The van der Waals surface area contributed by atoms with Crippen LogP contribution in [0.3, 0.4) is 0 Å². The van der Waals surface area contributed by atoms with Crippen LogP contribution in [-0.2, 0) is 17.1 Å². The van der Waals surface area contributed by atoms with E-state index in [0.29, 0.717) is 0 Å². The average Bonchev–Trinajstić information content (AvgIpc) is 3.71. The Balaban J connectivity index is 0.000000270. The standard InChI is InChI=1S/C36H28OP2.C13H15N2.Cu/c1-5-17-29(18-6-1)38(30-19-7-2-8-20-30)35-27-15-13-25-33(35)37-34-26-14-16-28-36(34)39(31-21-9-3-10-22-31)32-23-11-4-12-24-32;1-8-5-10(3)14-12(8)7-13-9(2)6-11(4)15-13;/h1-28H;5-7H,1-4H3;/q;-1;+1/p+2/b;12-7-;. The summed E-state index contributed by atoms with van der Waals surface area (Å²) in [6.45, 7) is 8.19. The largest absolute Gasteiger partial charge is 1.00 e. The molecule has 1 aliphatic heterocycles. The van der Waals surface area contributed by atoms with E-state index in [1.54, 1.807) is 0 Å². The van der Waals surface area contributed by atoms with Crippen LogP contribution in [0.5, 0.6) is 11.5 Å². The minimum absolute atomic E-state index is 0. The van der Waals surface area contributed by atoms with E-state index in [0.717, 1.165) is 34.3 Å². The summed E-state index contributed by atoms with van der Waals surface area (Å²) in [6, 6.07) is 62.7. The van der Waals surface area contributed by atoms with E-state index in [1.165, 1.54) is 43.0 Å². The number of aryl methyl sites for hydroxylation is 2. The first-order valence-electron chi connectivity index (χ1n) is 18.3. The Kier molecular flexibility index (Phi) is 13.7. The van der Waals surface area contributed by atoms with Gasteiger partial charge in [0.15, 0.2) is 11.5 Å². The zero-order valence-electron chi connectivity index (χ0n) is 31.5. The molecule has 0 radical (unpaired) electrons. The number of aliphatic imine (C=N–C) groups is 1. The number of ether oxygens (including phenoxy) is 1. The summed E-state index contributed by atoms with van der Waals surface area (Å²) in [4.78, 5) is 8.92. The molecule has 276 valence electrons. The molecule has 0 bridgehead atoms. The van der Waals surface area contributed by atoms with Crippen molar-refractivity contribution < 1.29 is 21.8 Å². The fourth-order valence-electron chi connectivity index (χ4n) is 6.83. The van der Waals surface area contributed by atoms with Crippen molar-refractivity contribution in [2.45, 2.75) is 27.7 Å². The number of rotatable bonds is 9. The summed E-state index contributed by atoms with van der Waals surface area (Å²) in [5.74, 6) is 1.85. The molecule has 6 heteroatoms. The van der Waals surface area contributed by atoms with E-state index in [4.69, 9.17) is 4.74 Å². The van der Waals surface area contributed by atoms with Crippen LogP contribution in [-0.4, -0.2) is 5.71 Å². The minimum Gasteiger partial charge on any atom is -0.661 e. The van der Waals surface area contributed by atoms with Crippen LogP contribution in [0.1, 0.15) is 30.8 Å². The number of para-hydroxylation sites is 2. The molecule has 0 saturated carbocycles. The van der Waals surface area contributed by atoms with Crippen LogP contribution in [0.25, 0.3) is 6.08 Å². The zero-order chi connectivity index (χ0) is 37.3. The van der Waals surface area contributed by atoms with Gasteiger partial charge < -0.3 is 9.72 Å². The van der Waals surface area contributed by atoms with Crippen LogP contribution >= 0.6 is 15.8 Å². The Morgan fingerprint density at radius 3 is 1.24 bits per heavy atom. The molecule has 1 aromatic heterocycles. The molecule has 2 heterocycles. The van der Waals surface area contributed by atoms with Gasteiger partial charge in [0.25, 0.3) is 0 Å². The molecule has 0 fully saturated rings. The second-order valence-electron chi connectivity index (χ2n) is 13.4. The van der Waals surface area contributed by atoms with Crippen molar-refractivity contribution in [1.29, 1.82) is 0 Å². The zero-order valence-corrected chi connectivity index (χ0v) is 34.4. The number of allylic oxidation sites excluding steroid dienone is 2. The van der Waals surface area contributed by atoms with Gasteiger partial charge in [-0.2, -0.15) is 5.69 Å². The van der Waals surface area contributed by atoms with Gasteiger partial charge in [-0.25, -0.2) is 0 Å². The van der Waals surface area contributed by atoms with Crippen LogP contribution in [0.2, 0.25) is 0 Å². The molecule has 8 rings (SSSR count). The van der Waals surface area contributed by atoms with Gasteiger partial charge in [-0.15, -0.1) is 5.69 Å². The Morgan fingerprint density at radius 2 is 0.891 bits per heavy atom. The number of aromatic nitrogens is 1. The second-order valence-corrected chi connectivity index (χ2v) is 18.3. The first-order chi connectivity index (χ1) is 26.4. The second kappa shape index (κ2) is 19.0. The van der Waals surface area contributed by atoms with Gasteiger partial charge in [0, 0.05) is 5.71 Å². The van der Waals surface area contributed by atoms with Crippen molar-refractivity contribution in [3.05, 3.63) is 210 Å². The van der Waals surface area contributed by atoms with E-state index in [2.05, 4.69) is 212 Å². The number of hydrogen-bond acceptors (Lipinski definition) is 2. The van der Waals surface area contributed by atoms with E-state index in [9.17, 15) is 0 Å². The van der Waals surface area contributed by atoms with Gasteiger partial charge >= 0.3 is 17.1 Å². The SMILES string of the molecule is CC1=CC(C)=N/C1=C\c1[n-]c(C)cc1C.[Cu+].c1ccc([PH+](c2ccccc2)c2ccccc2Oc2ccccc2[PH+](c2ccccc2)c2ccccc2)cc1. The van der Waals surface area contributed by atoms with Crippen molar-refractivity contribution in [1.82, 2.24) is 4.98 Å². The number of nitrogens with zero attached hydrogens (tertiary/aromatic N) is 2. The molecule has 0 saturated heterocycles. The molecule has 55 heavy (non-hydrogen) atoms. The summed E-state index contributed by atoms with van der Waals surface area (Å²) >= 11 is 0. The maximum absolute atomic E-state index is 6.94.